The van der Waals surface area contributed by atoms with Gasteiger partial charge in [0, 0.05) is 18.2 Å². The van der Waals surface area contributed by atoms with Crippen LogP contribution >= 0.6 is 0 Å². The molecule has 2 aromatic carbocycles. The van der Waals surface area contributed by atoms with Crippen molar-refractivity contribution in [2.24, 2.45) is 5.73 Å². The Morgan fingerprint density at radius 3 is 2.38 bits per heavy atom. The van der Waals surface area contributed by atoms with Crippen LogP contribution < -0.4 is 15.2 Å². The van der Waals surface area contributed by atoms with Crippen LogP contribution in [0.2, 0.25) is 0 Å². The van der Waals surface area contributed by atoms with Gasteiger partial charge in [-0.3, -0.25) is 0 Å². The van der Waals surface area contributed by atoms with Gasteiger partial charge in [0.2, 0.25) is 0 Å². The predicted octanol–water partition coefficient (Wildman–Crippen LogP) is 3.97. The molecule has 0 aliphatic heterocycles. The molecule has 2 aromatic rings. The van der Waals surface area contributed by atoms with Crippen molar-refractivity contribution in [3.63, 3.8) is 0 Å². The summed E-state index contributed by atoms with van der Waals surface area (Å²) in [7, 11) is 1.46. The Bertz CT molecular complexity index is 627. The molecule has 0 spiro atoms. The fourth-order valence-corrected chi connectivity index (χ4v) is 1.83. The van der Waals surface area contributed by atoms with Gasteiger partial charge in [-0.2, -0.15) is 13.2 Å². The summed E-state index contributed by atoms with van der Waals surface area (Å²) in [6, 6.07) is 9.86. The van der Waals surface area contributed by atoms with Gasteiger partial charge in [-0.05, 0) is 18.2 Å². The zero-order chi connectivity index (χ0) is 15.5. The molecule has 0 unspecified atom stereocenters. The second-order valence-corrected chi connectivity index (χ2v) is 4.27. The Hall–Kier alpha value is -2.21. The molecule has 0 saturated heterocycles. The molecular formula is C15H14F3NO2. The summed E-state index contributed by atoms with van der Waals surface area (Å²) in [5, 5.41) is 0. The van der Waals surface area contributed by atoms with Gasteiger partial charge < -0.3 is 15.2 Å². The second-order valence-electron chi connectivity index (χ2n) is 4.27. The third-order valence-electron chi connectivity index (χ3n) is 2.91. The minimum absolute atomic E-state index is 0.146. The number of rotatable bonds is 4. The fraction of sp³-hybridized carbons (Fsp3) is 0.200. The van der Waals surface area contributed by atoms with E-state index < -0.39 is 11.7 Å². The molecule has 0 heterocycles. The van der Waals surface area contributed by atoms with Gasteiger partial charge in [0.15, 0.2) is 0 Å². The molecule has 0 bridgehead atoms. The maximum Gasteiger partial charge on any atom is 0.419 e. The highest BCUT2D eigenvalue weighted by atomic mass is 19.4. The summed E-state index contributed by atoms with van der Waals surface area (Å²) in [4.78, 5) is 0. The smallest absolute Gasteiger partial charge is 0.419 e. The summed E-state index contributed by atoms with van der Waals surface area (Å²) >= 11 is 0. The maximum atomic E-state index is 12.9. The molecule has 0 atom stereocenters. The molecule has 2 N–H and O–H groups in total. The monoisotopic (exact) mass is 297 g/mol. The average Bonchev–Trinajstić information content (AvgIpc) is 2.46. The third-order valence-corrected chi connectivity index (χ3v) is 2.91. The minimum atomic E-state index is -4.49. The number of para-hydroxylation sites is 1. The highest BCUT2D eigenvalue weighted by Crippen LogP contribution is 2.39. The van der Waals surface area contributed by atoms with E-state index in [-0.39, 0.29) is 18.0 Å². The molecule has 112 valence electrons. The van der Waals surface area contributed by atoms with Gasteiger partial charge in [0.25, 0.3) is 0 Å². The van der Waals surface area contributed by atoms with E-state index in [1.54, 1.807) is 12.1 Å². The standard InChI is InChI=1S/C15H14F3NO2/c1-20-11-7-6-10(9-19)14(8-11)21-13-5-3-2-4-12(13)15(16,17)18/h2-8H,9,19H2,1H3. The molecule has 2 rings (SSSR count). The van der Waals surface area contributed by atoms with Gasteiger partial charge in [0.05, 0.1) is 12.7 Å². The Kier molecular flexibility index (Phi) is 4.37. The summed E-state index contributed by atoms with van der Waals surface area (Å²) in [6.07, 6.45) is -4.49. The van der Waals surface area contributed by atoms with Gasteiger partial charge in [-0.25, -0.2) is 0 Å². The fourth-order valence-electron chi connectivity index (χ4n) is 1.83. The summed E-state index contributed by atoms with van der Waals surface area (Å²) in [6.45, 7) is 0.146. The van der Waals surface area contributed by atoms with Gasteiger partial charge in [-0.15, -0.1) is 0 Å². The van der Waals surface area contributed by atoms with Crippen molar-refractivity contribution in [3.8, 4) is 17.2 Å². The number of halogens is 3. The molecule has 0 saturated carbocycles. The topological polar surface area (TPSA) is 44.5 Å². The number of methoxy groups -OCH3 is 1. The first kappa shape index (κ1) is 15.2. The first-order valence-electron chi connectivity index (χ1n) is 6.16. The van der Waals surface area contributed by atoms with Crippen molar-refractivity contribution in [3.05, 3.63) is 53.6 Å². The summed E-state index contributed by atoms with van der Waals surface area (Å²) in [5.41, 5.74) is 5.33. The number of hydrogen-bond acceptors (Lipinski definition) is 3. The van der Waals surface area contributed by atoms with E-state index >= 15 is 0 Å². The van der Waals surface area contributed by atoms with Crippen LogP contribution in [0.5, 0.6) is 17.2 Å². The number of nitrogens with two attached hydrogens (primary N) is 1. The molecule has 6 heteroatoms. The Balaban J connectivity index is 2.43. The lowest BCUT2D eigenvalue weighted by atomic mass is 10.1. The highest BCUT2D eigenvalue weighted by Gasteiger charge is 2.34. The number of hydrogen-bond donors (Lipinski definition) is 1. The summed E-state index contributed by atoms with van der Waals surface area (Å²) < 4.78 is 49.3. The first-order valence-corrected chi connectivity index (χ1v) is 6.16. The van der Waals surface area contributed by atoms with Gasteiger partial charge in [-0.1, -0.05) is 18.2 Å². The zero-order valence-electron chi connectivity index (χ0n) is 11.3. The molecule has 0 aromatic heterocycles. The lowest BCUT2D eigenvalue weighted by molar-refractivity contribution is -0.138. The van der Waals surface area contributed by atoms with E-state index in [4.69, 9.17) is 15.2 Å². The lowest BCUT2D eigenvalue weighted by Gasteiger charge is -2.16. The van der Waals surface area contributed by atoms with Crippen molar-refractivity contribution in [2.45, 2.75) is 12.7 Å². The quantitative estimate of drug-likeness (QED) is 0.929. The zero-order valence-corrected chi connectivity index (χ0v) is 11.3. The van der Waals surface area contributed by atoms with Crippen LogP contribution in [0.3, 0.4) is 0 Å². The van der Waals surface area contributed by atoms with Crippen molar-refractivity contribution < 1.29 is 22.6 Å². The minimum Gasteiger partial charge on any atom is -0.497 e. The molecule has 3 nitrogen and oxygen atoms in total. The second kappa shape index (κ2) is 6.05. The van der Waals surface area contributed by atoms with E-state index in [0.29, 0.717) is 11.3 Å². The average molecular weight is 297 g/mol. The third kappa shape index (κ3) is 3.46. The van der Waals surface area contributed by atoms with E-state index in [1.807, 2.05) is 0 Å². The maximum absolute atomic E-state index is 12.9. The van der Waals surface area contributed by atoms with Crippen LogP contribution in [0.25, 0.3) is 0 Å². The molecule has 0 aliphatic carbocycles. The largest absolute Gasteiger partial charge is 0.497 e. The predicted molar refractivity (Wildman–Crippen MR) is 72.4 cm³/mol. The molecule has 0 aliphatic rings. The normalized spacial score (nSPS) is 11.3. The van der Waals surface area contributed by atoms with E-state index in [2.05, 4.69) is 0 Å². The van der Waals surface area contributed by atoms with Crippen molar-refractivity contribution in [1.29, 1.82) is 0 Å². The number of ether oxygens (including phenoxy) is 2. The van der Waals surface area contributed by atoms with Gasteiger partial charge in [0.1, 0.15) is 17.2 Å². The van der Waals surface area contributed by atoms with E-state index in [9.17, 15) is 13.2 Å². The van der Waals surface area contributed by atoms with Crippen molar-refractivity contribution >= 4 is 0 Å². The van der Waals surface area contributed by atoms with Crippen LogP contribution in [0.4, 0.5) is 13.2 Å². The van der Waals surface area contributed by atoms with Gasteiger partial charge >= 0.3 is 6.18 Å². The lowest BCUT2D eigenvalue weighted by Crippen LogP contribution is -2.07. The molecular weight excluding hydrogens is 283 g/mol. The van der Waals surface area contributed by atoms with E-state index in [0.717, 1.165) is 6.07 Å². The Morgan fingerprint density at radius 1 is 1.05 bits per heavy atom. The van der Waals surface area contributed by atoms with Crippen LogP contribution in [0.1, 0.15) is 11.1 Å². The number of benzene rings is 2. The van der Waals surface area contributed by atoms with E-state index in [1.165, 1.54) is 31.4 Å². The molecule has 0 radical (unpaired) electrons. The van der Waals surface area contributed by atoms with Crippen LogP contribution in [0.15, 0.2) is 42.5 Å². The van der Waals surface area contributed by atoms with Crippen LogP contribution in [-0.4, -0.2) is 7.11 Å². The first-order chi connectivity index (χ1) is 9.95. The Morgan fingerprint density at radius 2 is 1.76 bits per heavy atom. The van der Waals surface area contributed by atoms with Crippen molar-refractivity contribution in [1.82, 2.24) is 0 Å². The highest BCUT2D eigenvalue weighted by molar-refractivity contribution is 5.45. The molecule has 21 heavy (non-hydrogen) atoms. The van der Waals surface area contributed by atoms with Crippen LogP contribution in [-0.2, 0) is 12.7 Å². The summed E-state index contributed by atoms with van der Waals surface area (Å²) in [5.74, 6) is 0.452. The van der Waals surface area contributed by atoms with Crippen molar-refractivity contribution in [2.75, 3.05) is 7.11 Å². The molecule has 0 amide bonds. The number of alkyl halides is 3. The molecule has 0 fully saturated rings. The SMILES string of the molecule is COc1ccc(CN)c(Oc2ccccc2C(F)(F)F)c1. The van der Waals surface area contributed by atoms with Crippen LogP contribution in [0, 0.1) is 0 Å². The Labute approximate surface area is 120 Å².